The fourth-order valence-corrected chi connectivity index (χ4v) is 5.09. The van der Waals surface area contributed by atoms with Crippen LogP contribution in [0.4, 0.5) is 5.69 Å². The van der Waals surface area contributed by atoms with Crippen LogP contribution in [-0.4, -0.2) is 30.4 Å². The molecule has 0 bridgehead atoms. The van der Waals surface area contributed by atoms with Crippen molar-refractivity contribution in [1.29, 1.82) is 0 Å². The Morgan fingerprint density at radius 3 is 2.96 bits per heavy atom. The topological polar surface area (TPSA) is 23.6 Å². The van der Waals surface area contributed by atoms with Crippen LogP contribution in [-0.2, 0) is 17.6 Å². The van der Waals surface area contributed by atoms with Gasteiger partial charge in [-0.2, -0.15) is 0 Å². The van der Waals surface area contributed by atoms with Crippen LogP contribution in [0, 0.1) is 0 Å². The minimum absolute atomic E-state index is 0.269. The quantitative estimate of drug-likeness (QED) is 0.839. The van der Waals surface area contributed by atoms with Crippen LogP contribution < -0.4 is 4.90 Å². The minimum atomic E-state index is 0.269. The maximum Gasteiger partial charge on any atom is 0.228 e. The van der Waals surface area contributed by atoms with Crippen molar-refractivity contribution >= 4 is 22.9 Å². The number of hydrogen-bond acceptors (Lipinski definition) is 3. The molecule has 2 aliphatic heterocycles. The highest BCUT2D eigenvalue weighted by Gasteiger charge is 2.29. The molecule has 1 amide bonds. The Balaban J connectivity index is 1.41. The van der Waals surface area contributed by atoms with Gasteiger partial charge in [-0.3, -0.25) is 9.69 Å². The van der Waals surface area contributed by atoms with Gasteiger partial charge in [-0.1, -0.05) is 25.1 Å². The van der Waals surface area contributed by atoms with Crippen LogP contribution in [0.25, 0.3) is 0 Å². The lowest BCUT2D eigenvalue weighted by molar-refractivity contribution is -0.119. The second-order valence-corrected chi connectivity index (χ2v) is 7.68. The lowest BCUT2D eigenvalue weighted by Gasteiger charge is -2.35. The first-order valence-corrected chi connectivity index (χ1v) is 9.84. The summed E-state index contributed by atoms with van der Waals surface area (Å²) in [5.41, 5.74) is 3.92. The van der Waals surface area contributed by atoms with Crippen LogP contribution in [0.15, 0.2) is 35.7 Å². The van der Waals surface area contributed by atoms with E-state index in [2.05, 4.69) is 41.5 Å². The summed E-state index contributed by atoms with van der Waals surface area (Å²) in [6, 6.07) is 11.1. The Hall–Kier alpha value is -1.65. The van der Waals surface area contributed by atoms with Gasteiger partial charge >= 0.3 is 0 Å². The van der Waals surface area contributed by atoms with Crippen molar-refractivity contribution in [3.63, 3.8) is 0 Å². The van der Waals surface area contributed by atoms with Crippen LogP contribution in [0.2, 0.25) is 0 Å². The number of anilines is 1. The number of fused-ring (bicyclic) bond motifs is 2. The van der Waals surface area contributed by atoms with E-state index in [0.29, 0.717) is 12.5 Å². The van der Waals surface area contributed by atoms with Gasteiger partial charge in [0, 0.05) is 42.7 Å². The van der Waals surface area contributed by atoms with E-state index < -0.39 is 0 Å². The number of thiophene rings is 1. The summed E-state index contributed by atoms with van der Waals surface area (Å²) < 4.78 is 0. The molecule has 3 heterocycles. The number of para-hydroxylation sites is 1. The molecule has 2 aromatic rings. The first kappa shape index (κ1) is 15.9. The van der Waals surface area contributed by atoms with Crippen molar-refractivity contribution in [2.45, 2.75) is 38.6 Å². The van der Waals surface area contributed by atoms with Gasteiger partial charge in [0.2, 0.25) is 5.91 Å². The van der Waals surface area contributed by atoms with E-state index in [1.165, 1.54) is 16.0 Å². The number of rotatable bonds is 4. The Kier molecular flexibility index (Phi) is 4.42. The summed E-state index contributed by atoms with van der Waals surface area (Å²) >= 11 is 1.88. The van der Waals surface area contributed by atoms with Crippen molar-refractivity contribution in [3.05, 3.63) is 51.7 Å². The van der Waals surface area contributed by atoms with E-state index in [1.807, 2.05) is 22.3 Å². The van der Waals surface area contributed by atoms with E-state index in [4.69, 9.17) is 0 Å². The zero-order chi connectivity index (χ0) is 16.5. The molecule has 3 nitrogen and oxygen atoms in total. The molecule has 0 saturated carbocycles. The molecule has 126 valence electrons. The van der Waals surface area contributed by atoms with Crippen molar-refractivity contribution in [3.8, 4) is 0 Å². The lowest BCUT2D eigenvalue weighted by atomic mass is 9.97. The Bertz CT molecular complexity index is 739. The lowest BCUT2D eigenvalue weighted by Crippen LogP contribution is -2.38. The maximum absolute atomic E-state index is 12.7. The Morgan fingerprint density at radius 1 is 1.21 bits per heavy atom. The zero-order valence-electron chi connectivity index (χ0n) is 14.2. The number of carbonyl (C=O) groups is 1. The third-order valence-electron chi connectivity index (χ3n) is 5.39. The van der Waals surface area contributed by atoms with Gasteiger partial charge in [0.15, 0.2) is 0 Å². The summed E-state index contributed by atoms with van der Waals surface area (Å²) in [7, 11) is 0. The SMILES string of the molecule is CCC1c2ccsc2CCN1CCC(=O)N1CCc2ccccc21. The monoisotopic (exact) mass is 340 g/mol. The fourth-order valence-electron chi connectivity index (χ4n) is 4.17. The highest BCUT2D eigenvalue weighted by atomic mass is 32.1. The molecule has 0 N–H and O–H groups in total. The summed E-state index contributed by atoms with van der Waals surface area (Å²) in [6.07, 6.45) is 3.85. The van der Waals surface area contributed by atoms with E-state index in [-0.39, 0.29) is 5.91 Å². The molecular weight excluding hydrogens is 316 g/mol. The number of amides is 1. The minimum Gasteiger partial charge on any atom is -0.312 e. The molecular formula is C20H24N2OS. The summed E-state index contributed by atoms with van der Waals surface area (Å²) in [5, 5.41) is 2.21. The molecule has 0 radical (unpaired) electrons. The third-order valence-corrected chi connectivity index (χ3v) is 6.39. The van der Waals surface area contributed by atoms with Crippen LogP contribution in [0.1, 0.15) is 41.8 Å². The van der Waals surface area contributed by atoms with Crippen molar-refractivity contribution in [2.24, 2.45) is 0 Å². The van der Waals surface area contributed by atoms with Crippen LogP contribution in [0.3, 0.4) is 0 Å². The molecule has 0 saturated heterocycles. The molecule has 2 aliphatic rings. The molecule has 1 aromatic heterocycles. The van der Waals surface area contributed by atoms with Crippen LogP contribution in [0.5, 0.6) is 0 Å². The second-order valence-electron chi connectivity index (χ2n) is 6.68. The summed E-state index contributed by atoms with van der Waals surface area (Å²) in [4.78, 5) is 18.8. The highest BCUT2D eigenvalue weighted by molar-refractivity contribution is 7.10. The molecule has 0 aliphatic carbocycles. The van der Waals surface area contributed by atoms with E-state index >= 15 is 0 Å². The van der Waals surface area contributed by atoms with Crippen molar-refractivity contribution in [1.82, 2.24) is 4.90 Å². The first-order valence-electron chi connectivity index (χ1n) is 8.96. The van der Waals surface area contributed by atoms with Gasteiger partial charge in [-0.25, -0.2) is 0 Å². The van der Waals surface area contributed by atoms with E-state index in [0.717, 1.165) is 44.6 Å². The Labute approximate surface area is 147 Å². The second kappa shape index (κ2) is 6.69. The molecule has 1 aromatic carbocycles. The van der Waals surface area contributed by atoms with E-state index in [9.17, 15) is 4.79 Å². The van der Waals surface area contributed by atoms with E-state index in [1.54, 1.807) is 0 Å². The number of benzene rings is 1. The van der Waals surface area contributed by atoms with Crippen molar-refractivity contribution < 1.29 is 4.79 Å². The number of hydrogen-bond donors (Lipinski definition) is 0. The van der Waals surface area contributed by atoms with Gasteiger partial charge in [0.1, 0.15) is 0 Å². The van der Waals surface area contributed by atoms with Gasteiger partial charge in [0.25, 0.3) is 0 Å². The standard InChI is InChI=1S/C20H24N2OS/c1-2-17-16-10-14-24-19(16)8-11-21(17)12-9-20(23)22-13-7-15-5-3-4-6-18(15)22/h3-6,10,14,17H,2,7-9,11-13H2,1H3. The molecule has 0 fully saturated rings. The highest BCUT2D eigenvalue weighted by Crippen LogP contribution is 2.35. The molecule has 1 unspecified atom stereocenters. The van der Waals surface area contributed by atoms with Gasteiger partial charge in [-0.05, 0) is 47.9 Å². The first-order chi connectivity index (χ1) is 11.8. The predicted octanol–water partition coefficient (Wildman–Crippen LogP) is 4.04. The predicted molar refractivity (Wildman–Crippen MR) is 99.7 cm³/mol. The molecule has 24 heavy (non-hydrogen) atoms. The molecule has 4 heteroatoms. The molecule has 0 spiro atoms. The Morgan fingerprint density at radius 2 is 2.08 bits per heavy atom. The third kappa shape index (κ3) is 2.78. The van der Waals surface area contributed by atoms with Crippen molar-refractivity contribution in [2.75, 3.05) is 24.5 Å². The normalized spacial score (nSPS) is 20.0. The summed E-state index contributed by atoms with van der Waals surface area (Å²) in [6.45, 7) is 5.04. The molecule has 1 atom stereocenters. The number of carbonyl (C=O) groups excluding carboxylic acids is 1. The average Bonchev–Trinajstić information content (AvgIpc) is 3.25. The summed E-state index contributed by atoms with van der Waals surface area (Å²) in [5.74, 6) is 0.269. The smallest absolute Gasteiger partial charge is 0.228 e. The largest absolute Gasteiger partial charge is 0.312 e. The average molecular weight is 340 g/mol. The van der Waals surface area contributed by atoms with Gasteiger partial charge < -0.3 is 4.90 Å². The number of nitrogens with zero attached hydrogens (tertiary/aromatic N) is 2. The van der Waals surface area contributed by atoms with Crippen LogP contribution >= 0.6 is 11.3 Å². The maximum atomic E-state index is 12.7. The van der Waals surface area contributed by atoms with Gasteiger partial charge in [-0.15, -0.1) is 11.3 Å². The zero-order valence-corrected chi connectivity index (χ0v) is 15.0. The fraction of sp³-hybridized carbons (Fsp3) is 0.450. The van der Waals surface area contributed by atoms with Gasteiger partial charge in [0.05, 0.1) is 0 Å². The molecule has 4 rings (SSSR count).